The van der Waals surface area contributed by atoms with Crippen LogP contribution in [0, 0.1) is 11.7 Å². The average Bonchev–Trinajstić information content (AvgIpc) is 2.79. The lowest BCUT2D eigenvalue weighted by Crippen LogP contribution is -2.50. The molecule has 1 unspecified atom stereocenters. The van der Waals surface area contributed by atoms with E-state index in [9.17, 15) is 22.4 Å². The zero-order valence-electron chi connectivity index (χ0n) is 16.8. The quantitative estimate of drug-likeness (QED) is 0.640. The summed E-state index contributed by atoms with van der Waals surface area (Å²) in [7, 11) is -3.65. The number of sulfonamides is 1. The van der Waals surface area contributed by atoms with Gasteiger partial charge in [0.15, 0.2) is 6.10 Å². The van der Waals surface area contributed by atoms with Gasteiger partial charge in [0.2, 0.25) is 15.9 Å². The SMILES string of the molecule is CC(Oc1ccc(F)cc1)C(=O)NNC(=O)C1CCN(S(=O)(=O)c2cccnc2)CC1. The van der Waals surface area contributed by atoms with E-state index in [-0.39, 0.29) is 18.0 Å². The van der Waals surface area contributed by atoms with E-state index < -0.39 is 39.7 Å². The standard InChI is InChI=1S/C20H23FN4O5S/c1-14(30-17-6-4-16(21)5-7-17)19(26)23-24-20(27)15-8-11-25(12-9-15)31(28,29)18-3-2-10-22-13-18/h2-7,10,13-15H,8-9,11-12H2,1H3,(H,23,26)(H,24,27). The summed E-state index contributed by atoms with van der Waals surface area (Å²) < 4.78 is 44.9. The second-order valence-electron chi connectivity index (χ2n) is 7.06. The normalized spacial score (nSPS) is 16.3. The molecule has 9 nitrogen and oxygen atoms in total. The van der Waals surface area contributed by atoms with Crippen LogP contribution in [-0.4, -0.2) is 48.7 Å². The zero-order valence-corrected chi connectivity index (χ0v) is 17.6. The maximum atomic E-state index is 12.9. The molecule has 1 atom stereocenters. The van der Waals surface area contributed by atoms with Gasteiger partial charge < -0.3 is 4.74 Å². The van der Waals surface area contributed by atoms with Gasteiger partial charge in [0.25, 0.3) is 5.91 Å². The number of aromatic nitrogens is 1. The molecule has 11 heteroatoms. The summed E-state index contributed by atoms with van der Waals surface area (Å²) in [6.07, 6.45) is 2.51. The third-order valence-corrected chi connectivity index (χ3v) is 6.78. The fourth-order valence-electron chi connectivity index (χ4n) is 3.10. The molecule has 2 N–H and O–H groups in total. The first-order chi connectivity index (χ1) is 14.8. The lowest BCUT2D eigenvalue weighted by molar-refractivity contribution is -0.134. The van der Waals surface area contributed by atoms with Gasteiger partial charge in [0.05, 0.1) is 0 Å². The van der Waals surface area contributed by atoms with Crippen molar-refractivity contribution in [2.75, 3.05) is 13.1 Å². The van der Waals surface area contributed by atoms with Gasteiger partial charge in [-0.25, -0.2) is 12.8 Å². The average molecular weight is 450 g/mol. The Morgan fingerprint density at radius 2 is 1.84 bits per heavy atom. The van der Waals surface area contributed by atoms with Crippen LogP contribution in [0.15, 0.2) is 53.7 Å². The topological polar surface area (TPSA) is 118 Å². The number of ether oxygens (including phenoxy) is 1. The van der Waals surface area contributed by atoms with E-state index in [0.717, 1.165) is 0 Å². The van der Waals surface area contributed by atoms with Crippen LogP contribution in [0.25, 0.3) is 0 Å². The van der Waals surface area contributed by atoms with E-state index in [1.54, 1.807) is 6.07 Å². The molecule has 1 aliphatic heterocycles. The van der Waals surface area contributed by atoms with Crippen LogP contribution in [0.1, 0.15) is 19.8 Å². The molecule has 1 aromatic heterocycles. The Hall–Kier alpha value is -3.05. The maximum Gasteiger partial charge on any atom is 0.279 e. The molecule has 2 amide bonds. The van der Waals surface area contributed by atoms with Crippen LogP contribution in [0.4, 0.5) is 4.39 Å². The number of carbonyl (C=O) groups is 2. The Labute approximate surface area is 179 Å². The van der Waals surface area contributed by atoms with Crippen molar-refractivity contribution in [1.29, 1.82) is 0 Å². The van der Waals surface area contributed by atoms with E-state index in [1.165, 1.54) is 54.0 Å². The highest BCUT2D eigenvalue weighted by molar-refractivity contribution is 7.89. The van der Waals surface area contributed by atoms with Crippen molar-refractivity contribution in [3.8, 4) is 5.75 Å². The van der Waals surface area contributed by atoms with Crippen molar-refractivity contribution in [2.24, 2.45) is 5.92 Å². The molecule has 0 aliphatic carbocycles. The number of piperidine rings is 1. The van der Waals surface area contributed by atoms with Crippen molar-refractivity contribution in [2.45, 2.75) is 30.8 Å². The first-order valence-electron chi connectivity index (χ1n) is 9.69. The van der Waals surface area contributed by atoms with Crippen LogP contribution < -0.4 is 15.6 Å². The van der Waals surface area contributed by atoms with Crippen LogP contribution in [0.2, 0.25) is 0 Å². The summed E-state index contributed by atoms with van der Waals surface area (Å²) in [5, 5.41) is 0. The molecule has 1 aromatic carbocycles. The summed E-state index contributed by atoms with van der Waals surface area (Å²) >= 11 is 0. The van der Waals surface area contributed by atoms with Gasteiger partial charge in [-0.3, -0.25) is 25.4 Å². The number of amides is 2. The predicted molar refractivity (Wildman–Crippen MR) is 108 cm³/mol. The molecule has 0 bridgehead atoms. The molecule has 2 aromatic rings. The molecule has 1 fully saturated rings. The molecule has 0 saturated carbocycles. The third-order valence-electron chi connectivity index (χ3n) is 4.90. The van der Waals surface area contributed by atoms with E-state index >= 15 is 0 Å². The third kappa shape index (κ3) is 5.76. The van der Waals surface area contributed by atoms with Gasteiger partial charge in [-0.05, 0) is 56.2 Å². The second kappa shape index (κ2) is 9.84. The van der Waals surface area contributed by atoms with Crippen molar-refractivity contribution in [3.63, 3.8) is 0 Å². The molecule has 3 rings (SSSR count). The Morgan fingerprint density at radius 1 is 1.16 bits per heavy atom. The number of carbonyl (C=O) groups excluding carboxylic acids is 2. The Bertz CT molecular complexity index is 1010. The lowest BCUT2D eigenvalue weighted by atomic mass is 9.98. The van der Waals surface area contributed by atoms with Crippen LogP contribution in [-0.2, 0) is 19.6 Å². The second-order valence-corrected chi connectivity index (χ2v) is 9.00. The number of halogens is 1. The van der Waals surface area contributed by atoms with E-state index in [4.69, 9.17) is 4.74 Å². The maximum absolute atomic E-state index is 12.9. The van der Waals surface area contributed by atoms with Gasteiger partial charge in [-0.15, -0.1) is 0 Å². The summed E-state index contributed by atoms with van der Waals surface area (Å²) in [6, 6.07) is 8.24. The minimum atomic E-state index is -3.65. The number of nitrogens with one attached hydrogen (secondary N) is 2. The summed E-state index contributed by atoms with van der Waals surface area (Å²) in [5.74, 6) is -1.52. The summed E-state index contributed by atoms with van der Waals surface area (Å²) in [4.78, 5) is 28.4. The summed E-state index contributed by atoms with van der Waals surface area (Å²) in [5.41, 5.74) is 4.66. The van der Waals surface area contributed by atoms with Crippen LogP contribution in [0.5, 0.6) is 5.75 Å². The van der Waals surface area contributed by atoms with Gasteiger partial charge in [-0.2, -0.15) is 4.31 Å². The smallest absolute Gasteiger partial charge is 0.279 e. The van der Waals surface area contributed by atoms with Gasteiger partial charge in [0.1, 0.15) is 16.5 Å². The Kier molecular flexibility index (Phi) is 7.18. The van der Waals surface area contributed by atoms with Crippen molar-refractivity contribution < 1.29 is 27.1 Å². The fraction of sp³-hybridized carbons (Fsp3) is 0.350. The Morgan fingerprint density at radius 3 is 2.45 bits per heavy atom. The van der Waals surface area contributed by atoms with Crippen molar-refractivity contribution >= 4 is 21.8 Å². The fourth-order valence-corrected chi connectivity index (χ4v) is 4.54. The number of hydrogen-bond donors (Lipinski definition) is 2. The molecule has 1 saturated heterocycles. The number of nitrogens with zero attached hydrogens (tertiary/aromatic N) is 2. The number of benzene rings is 1. The minimum absolute atomic E-state index is 0.111. The first kappa shape index (κ1) is 22.6. The molecule has 0 spiro atoms. The monoisotopic (exact) mass is 450 g/mol. The molecular formula is C20H23FN4O5S. The van der Waals surface area contributed by atoms with Crippen molar-refractivity contribution in [1.82, 2.24) is 20.1 Å². The van der Waals surface area contributed by atoms with Gasteiger partial charge in [-0.1, -0.05) is 0 Å². The van der Waals surface area contributed by atoms with Crippen LogP contribution in [0.3, 0.4) is 0 Å². The Balaban J connectivity index is 1.45. The highest BCUT2D eigenvalue weighted by Crippen LogP contribution is 2.23. The van der Waals surface area contributed by atoms with E-state index in [2.05, 4.69) is 15.8 Å². The van der Waals surface area contributed by atoms with E-state index in [0.29, 0.717) is 18.6 Å². The molecule has 2 heterocycles. The minimum Gasteiger partial charge on any atom is -0.481 e. The zero-order chi connectivity index (χ0) is 22.4. The molecule has 166 valence electrons. The molecular weight excluding hydrogens is 427 g/mol. The molecule has 0 radical (unpaired) electrons. The molecule has 1 aliphatic rings. The lowest BCUT2D eigenvalue weighted by Gasteiger charge is -2.30. The predicted octanol–water partition coefficient (Wildman–Crippen LogP) is 1.24. The van der Waals surface area contributed by atoms with Gasteiger partial charge >= 0.3 is 0 Å². The summed E-state index contributed by atoms with van der Waals surface area (Å²) in [6.45, 7) is 1.87. The van der Waals surface area contributed by atoms with Gasteiger partial charge in [0, 0.05) is 31.4 Å². The number of pyridine rings is 1. The molecule has 31 heavy (non-hydrogen) atoms. The number of hydrazine groups is 1. The van der Waals surface area contributed by atoms with Crippen LogP contribution >= 0.6 is 0 Å². The number of hydrogen-bond acceptors (Lipinski definition) is 6. The number of rotatable bonds is 6. The first-order valence-corrected chi connectivity index (χ1v) is 11.1. The van der Waals surface area contributed by atoms with E-state index in [1.807, 2.05) is 0 Å². The highest BCUT2D eigenvalue weighted by Gasteiger charge is 2.32. The largest absolute Gasteiger partial charge is 0.481 e. The van der Waals surface area contributed by atoms with Crippen molar-refractivity contribution in [3.05, 3.63) is 54.6 Å². The highest BCUT2D eigenvalue weighted by atomic mass is 32.2.